The van der Waals surface area contributed by atoms with Crippen molar-refractivity contribution in [1.29, 1.82) is 5.26 Å². The molecule has 0 unspecified atom stereocenters. The number of carbonyl (C=O) groups excluding carboxylic acids is 1. The van der Waals surface area contributed by atoms with Crippen molar-refractivity contribution >= 4 is 28.4 Å². The summed E-state index contributed by atoms with van der Waals surface area (Å²) < 4.78 is 15.2. The number of amides is 1. The van der Waals surface area contributed by atoms with Gasteiger partial charge in [0.2, 0.25) is 0 Å². The quantitative estimate of drug-likeness (QED) is 0.426. The van der Waals surface area contributed by atoms with E-state index in [0.717, 1.165) is 27.6 Å². The Balaban J connectivity index is 1.64. The van der Waals surface area contributed by atoms with Crippen LogP contribution in [0.1, 0.15) is 22.3 Å². The standard InChI is InChI=1S/C24H18ClFN4O/c25-21-12-16(8-9-22(21)26)14-30-15-20-19(6-2-7-23(20)29-30)17-4-1-5-18(13-17)24(31)28-11-3-10-27/h1-2,4-9,12-13,15H,3,11,14H2,(H,28,31). The fourth-order valence-electron chi connectivity index (χ4n) is 3.41. The summed E-state index contributed by atoms with van der Waals surface area (Å²) in [5.41, 5.74) is 4.03. The normalized spacial score (nSPS) is 10.7. The van der Waals surface area contributed by atoms with Crippen LogP contribution in [0.4, 0.5) is 4.39 Å². The highest BCUT2D eigenvalue weighted by Crippen LogP contribution is 2.29. The number of hydrogen-bond acceptors (Lipinski definition) is 3. The van der Waals surface area contributed by atoms with Gasteiger partial charge >= 0.3 is 0 Å². The number of aromatic nitrogens is 2. The van der Waals surface area contributed by atoms with Crippen molar-refractivity contribution in [3.05, 3.63) is 88.8 Å². The first-order valence-corrected chi connectivity index (χ1v) is 10.1. The molecule has 0 saturated heterocycles. The molecule has 0 spiro atoms. The molecule has 0 bridgehead atoms. The average molecular weight is 433 g/mol. The van der Waals surface area contributed by atoms with Gasteiger partial charge in [0.05, 0.1) is 29.6 Å². The van der Waals surface area contributed by atoms with E-state index in [9.17, 15) is 9.18 Å². The molecule has 4 aromatic rings. The van der Waals surface area contributed by atoms with Crippen LogP contribution >= 0.6 is 11.6 Å². The first kappa shape index (κ1) is 20.6. The number of hydrogen-bond donors (Lipinski definition) is 1. The molecule has 7 heteroatoms. The Bertz CT molecular complexity index is 1310. The maximum atomic E-state index is 13.4. The lowest BCUT2D eigenvalue weighted by Gasteiger charge is -2.07. The molecule has 0 aliphatic rings. The molecule has 31 heavy (non-hydrogen) atoms. The Hall–Kier alpha value is -3.69. The van der Waals surface area contributed by atoms with Gasteiger partial charge in [-0.15, -0.1) is 0 Å². The van der Waals surface area contributed by atoms with E-state index in [0.29, 0.717) is 18.7 Å². The van der Waals surface area contributed by atoms with Crippen LogP contribution in [0.25, 0.3) is 22.0 Å². The third-order valence-electron chi connectivity index (χ3n) is 4.88. The summed E-state index contributed by atoms with van der Waals surface area (Å²) in [5, 5.41) is 17.0. The maximum Gasteiger partial charge on any atom is 0.251 e. The first-order chi connectivity index (χ1) is 15.0. The fraction of sp³-hybridized carbons (Fsp3) is 0.125. The highest BCUT2D eigenvalue weighted by Gasteiger charge is 2.11. The van der Waals surface area contributed by atoms with Crippen LogP contribution in [0.5, 0.6) is 0 Å². The fourth-order valence-corrected chi connectivity index (χ4v) is 3.62. The summed E-state index contributed by atoms with van der Waals surface area (Å²) >= 11 is 5.89. The van der Waals surface area contributed by atoms with Crippen molar-refractivity contribution in [2.75, 3.05) is 6.54 Å². The SMILES string of the molecule is N#CCCNC(=O)c1cccc(-c2cccc3nn(Cc4ccc(F)c(Cl)c4)cc23)c1. The van der Waals surface area contributed by atoms with E-state index >= 15 is 0 Å². The lowest BCUT2D eigenvalue weighted by molar-refractivity contribution is 0.0954. The third-order valence-corrected chi connectivity index (χ3v) is 5.17. The summed E-state index contributed by atoms with van der Waals surface area (Å²) in [5.74, 6) is -0.664. The molecule has 1 amide bonds. The first-order valence-electron chi connectivity index (χ1n) is 9.71. The van der Waals surface area contributed by atoms with Crippen LogP contribution in [0, 0.1) is 17.1 Å². The number of nitrogens with zero attached hydrogens (tertiary/aromatic N) is 3. The summed E-state index contributed by atoms with van der Waals surface area (Å²) in [6, 6.07) is 19.8. The molecule has 0 saturated carbocycles. The Morgan fingerprint density at radius 1 is 1.16 bits per heavy atom. The Labute approximate surface area is 183 Å². The molecule has 4 rings (SSSR count). The van der Waals surface area contributed by atoms with Gasteiger partial charge in [-0.05, 0) is 47.0 Å². The van der Waals surface area contributed by atoms with Crippen molar-refractivity contribution in [2.45, 2.75) is 13.0 Å². The maximum absolute atomic E-state index is 13.4. The van der Waals surface area contributed by atoms with E-state index < -0.39 is 5.82 Å². The van der Waals surface area contributed by atoms with Crippen LogP contribution in [0.3, 0.4) is 0 Å². The summed E-state index contributed by atoms with van der Waals surface area (Å²) in [7, 11) is 0. The second-order valence-corrected chi connectivity index (χ2v) is 7.47. The van der Waals surface area contributed by atoms with E-state index in [2.05, 4.69) is 10.4 Å². The van der Waals surface area contributed by atoms with Gasteiger partial charge in [-0.2, -0.15) is 10.4 Å². The Morgan fingerprint density at radius 2 is 2.00 bits per heavy atom. The zero-order chi connectivity index (χ0) is 21.8. The van der Waals surface area contributed by atoms with Crippen molar-refractivity contribution in [2.24, 2.45) is 0 Å². The molecule has 0 aliphatic heterocycles. The predicted molar refractivity (Wildman–Crippen MR) is 118 cm³/mol. The van der Waals surface area contributed by atoms with Gasteiger partial charge in [0.25, 0.3) is 5.91 Å². The minimum absolute atomic E-state index is 0.0831. The number of halogens is 2. The van der Waals surface area contributed by atoms with Crippen LogP contribution in [-0.2, 0) is 6.54 Å². The van der Waals surface area contributed by atoms with Crippen LogP contribution < -0.4 is 5.32 Å². The number of fused-ring (bicyclic) bond motifs is 1. The number of carbonyl (C=O) groups is 1. The van der Waals surface area contributed by atoms with Gasteiger partial charge in [-0.1, -0.05) is 41.9 Å². The van der Waals surface area contributed by atoms with Gasteiger partial charge in [0.1, 0.15) is 5.82 Å². The lowest BCUT2D eigenvalue weighted by Crippen LogP contribution is -2.24. The minimum atomic E-state index is -0.449. The lowest BCUT2D eigenvalue weighted by atomic mass is 10.00. The second-order valence-electron chi connectivity index (χ2n) is 7.06. The smallest absolute Gasteiger partial charge is 0.251 e. The monoisotopic (exact) mass is 432 g/mol. The highest BCUT2D eigenvalue weighted by molar-refractivity contribution is 6.30. The average Bonchev–Trinajstić information content (AvgIpc) is 3.19. The van der Waals surface area contributed by atoms with Crippen molar-refractivity contribution < 1.29 is 9.18 Å². The van der Waals surface area contributed by atoms with E-state index in [4.69, 9.17) is 16.9 Å². The van der Waals surface area contributed by atoms with Gasteiger partial charge in [-0.3, -0.25) is 9.48 Å². The van der Waals surface area contributed by atoms with Gasteiger partial charge < -0.3 is 5.32 Å². The molecule has 3 aromatic carbocycles. The number of benzene rings is 3. The largest absolute Gasteiger partial charge is 0.351 e. The Morgan fingerprint density at radius 3 is 2.81 bits per heavy atom. The number of rotatable bonds is 6. The molecule has 154 valence electrons. The molecule has 1 N–H and O–H groups in total. The summed E-state index contributed by atoms with van der Waals surface area (Å²) in [6.07, 6.45) is 2.20. The van der Waals surface area contributed by atoms with E-state index in [1.54, 1.807) is 22.9 Å². The number of nitrogens with one attached hydrogen (secondary N) is 1. The minimum Gasteiger partial charge on any atom is -0.351 e. The molecular weight excluding hydrogens is 415 g/mol. The Kier molecular flexibility index (Phi) is 5.96. The molecular formula is C24H18ClFN4O. The van der Waals surface area contributed by atoms with Crippen molar-refractivity contribution in [3.63, 3.8) is 0 Å². The third kappa shape index (κ3) is 4.57. The van der Waals surface area contributed by atoms with Gasteiger partial charge in [-0.25, -0.2) is 4.39 Å². The van der Waals surface area contributed by atoms with Gasteiger partial charge in [0, 0.05) is 23.7 Å². The molecule has 1 aromatic heterocycles. The molecule has 0 fully saturated rings. The van der Waals surface area contributed by atoms with Crippen LogP contribution in [0.15, 0.2) is 66.9 Å². The predicted octanol–water partition coefficient (Wildman–Crippen LogP) is 5.19. The topological polar surface area (TPSA) is 70.7 Å². The summed E-state index contributed by atoms with van der Waals surface area (Å²) in [6.45, 7) is 0.769. The molecule has 0 radical (unpaired) electrons. The van der Waals surface area contributed by atoms with Crippen LogP contribution in [0.2, 0.25) is 5.02 Å². The molecule has 0 atom stereocenters. The van der Waals surface area contributed by atoms with E-state index in [1.807, 2.05) is 48.7 Å². The van der Waals surface area contributed by atoms with E-state index in [1.165, 1.54) is 6.07 Å². The van der Waals surface area contributed by atoms with Gasteiger partial charge in [0.15, 0.2) is 0 Å². The summed E-state index contributed by atoms with van der Waals surface area (Å²) in [4.78, 5) is 12.4. The molecule has 5 nitrogen and oxygen atoms in total. The molecule has 0 aliphatic carbocycles. The molecule has 1 heterocycles. The highest BCUT2D eigenvalue weighted by atomic mass is 35.5. The zero-order valence-electron chi connectivity index (χ0n) is 16.5. The van der Waals surface area contributed by atoms with Crippen molar-refractivity contribution in [3.8, 4) is 17.2 Å². The van der Waals surface area contributed by atoms with Crippen LogP contribution in [-0.4, -0.2) is 22.2 Å². The van der Waals surface area contributed by atoms with E-state index in [-0.39, 0.29) is 17.4 Å². The van der Waals surface area contributed by atoms with Crippen molar-refractivity contribution in [1.82, 2.24) is 15.1 Å². The zero-order valence-corrected chi connectivity index (χ0v) is 17.2. The number of nitriles is 1. The second kappa shape index (κ2) is 8.99.